The molecule has 0 spiro atoms. The molecule has 0 aliphatic heterocycles. The number of anilines is 1. The van der Waals surface area contributed by atoms with E-state index in [4.69, 9.17) is 0 Å². The Morgan fingerprint density at radius 1 is 1.19 bits per heavy atom. The van der Waals surface area contributed by atoms with E-state index < -0.39 is 4.92 Å². The van der Waals surface area contributed by atoms with E-state index in [1.54, 1.807) is 12.1 Å². The zero-order chi connectivity index (χ0) is 18.4. The third kappa shape index (κ3) is 4.31. The predicted octanol–water partition coefficient (Wildman–Crippen LogP) is 5.33. The predicted molar refractivity (Wildman–Crippen MR) is 106 cm³/mol. The molecule has 6 nitrogen and oxygen atoms in total. The van der Waals surface area contributed by atoms with Crippen LogP contribution in [-0.2, 0) is 0 Å². The molecule has 0 fully saturated rings. The summed E-state index contributed by atoms with van der Waals surface area (Å²) >= 11 is 1.45. The summed E-state index contributed by atoms with van der Waals surface area (Å²) in [7, 11) is 0. The standard InChI is InChI=1S/C19H18N4O2S/c1-2-6-17(14-7-4-3-5-8-14)21-22-19-20-18(13-26-19)15-9-11-16(12-10-15)23(24)25/h3-5,7-13H,2,6H2,1H3,(H,20,22)/b21-17+. The van der Waals surface area contributed by atoms with Crippen LogP contribution in [0.5, 0.6) is 0 Å². The Bertz CT molecular complexity index is 905. The smallest absolute Gasteiger partial charge is 0.258 e. The van der Waals surface area contributed by atoms with Crippen molar-refractivity contribution in [1.29, 1.82) is 0 Å². The molecule has 3 aromatic rings. The maximum atomic E-state index is 10.7. The highest BCUT2D eigenvalue weighted by atomic mass is 32.1. The van der Waals surface area contributed by atoms with Crippen LogP contribution in [0, 0.1) is 10.1 Å². The van der Waals surface area contributed by atoms with Crippen molar-refractivity contribution in [3.05, 3.63) is 75.7 Å². The minimum absolute atomic E-state index is 0.0685. The maximum absolute atomic E-state index is 10.7. The van der Waals surface area contributed by atoms with Crippen molar-refractivity contribution in [2.45, 2.75) is 19.8 Å². The van der Waals surface area contributed by atoms with Gasteiger partial charge in [0.05, 0.1) is 16.3 Å². The second-order valence-corrected chi connectivity index (χ2v) is 6.49. The van der Waals surface area contributed by atoms with Crippen LogP contribution in [0.25, 0.3) is 11.3 Å². The van der Waals surface area contributed by atoms with Crippen molar-refractivity contribution in [3.8, 4) is 11.3 Å². The number of aromatic nitrogens is 1. The summed E-state index contributed by atoms with van der Waals surface area (Å²) in [6.45, 7) is 2.12. The van der Waals surface area contributed by atoms with Crippen molar-refractivity contribution in [1.82, 2.24) is 4.98 Å². The van der Waals surface area contributed by atoms with E-state index in [0.29, 0.717) is 5.13 Å². The van der Waals surface area contributed by atoms with Gasteiger partial charge in [0.15, 0.2) is 0 Å². The number of benzene rings is 2. The maximum Gasteiger partial charge on any atom is 0.269 e. The van der Waals surface area contributed by atoms with Crippen LogP contribution in [-0.4, -0.2) is 15.6 Å². The fourth-order valence-electron chi connectivity index (χ4n) is 2.46. The van der Waals surface area contributed by atoms with E-state index in [1.807, 2.05) is 35.7 Å². The first-order valence-corrected chi connectivity index (χ1v) is 9.13. The average molecular weight is 366 g/mol. The third-order valence-electron chi connectivity index (χ3n) is 3.76. The fraction of sp³-hybridized carbons (Fsp3) is 0.158. The molecule has 2 aromatic carbocycles. The van der Waals surface area contributed by atoms with E-state index in [9.17, 15) is 10.1 Å². The Balaban J connectivity index is 1.76. The van der Waals surface area contributed by atoms with Gasteiger partial charge in [-0.25, -0.2) is 4.98 Å². The Hall–Kier alpha value is -3.06. The van der Waals surface area contributed by atoms with Gasteiger partial charge in [0.2, 0.25) is 5.13 Å². The number of thiazole rings is 1. The average Bonchev–Trinajstić information content (AvgIpc) is 3.15. The molecule has 0 radical (unpaired) electrons. The number of nitro groups is 1. The zero-order valence-electron chi connectivity index (χ0n) is 14.3. The molecule has 132 valence electrons. The van der Waals surface area contributed by atoms with Crippen LogP contribution in [0.4, 0.5) is 10.8 Å². The van der Waals surface area contributed by atoms with Crippen LogP contribution in [0.1, 0.15) is 25.3 Å². The summed E-state index contributed by atoms with van der Waals surface area (Å²) in [4.78, 5) is 14.8. The molecule has 7 heteroatoms. The van der Waals surface area contributed by atoms with Crippen LogP contribution < -0.4 is 5.43 Å². The Morgan fingerprint density at radius 3 is 2.58 bits per heavy atom. The molecule has 0 amide bonds. The fourth-order valence-corrected chi connectivity index (χ4v) is 3.12. The number of nitrogens with zero attached hydrogens (tertiary/aromatic N) is 3. The first-order chi connectivity index (χ1) is 12.7. The highest BCUT2D eigenvalue weighted by Crippen LogP contribution is 2.26. The quantitative estimate of drug-likeness (QED) is 0.348. The van der Waals surface area contributed by atoms with Gasteiger partial charge in [-0.1, -0.05) is 43.7 Å². The SMILES string of the molecule is CCC/C(=N\Nc1nc(-c2ccc([N+](=O)[O-])cc2)cs1)c1ccccc1. The van der Waals surface area contributed by atoms with Gasteiger partial charge in [-0.05, 0) is 24.1 Å². The number of hydrogen-bond acceptors (Lipinski definition) is 6. The number of rotatable bonds is 7. The van der Waals surface area contributed by atoms with Crippen LogP contribution >= 0.6 is 11.3 Å². The number of hydrazone groups is 1. The summed E-state index contributed by atoms with van der Waals surface area (Å²) in [5.41, 5.74) is 6.78. The van der Waals surface area contributed by atoms with Gasteiger partial charge >= 0.3 is 0 Å². The number of hydrogen-bond donors (Lipinski definition) is 1. The van der Waals surface area contributed by atoms with Crippen molar-refractivity contribution in [2.75, 3.05) is 5.43 Å². The first-order valence-electron chi connectivity index (χ1n) is 8.25. The summed E-state index contributed by atoms with van der Waals surface area (Å²) in [6.07, 6.45) is 1.87. The zero-order valence-corrected chi connectivity index (χ0v) is 15.1. The van der Waals surface area contributed by atoms with Gasteiger partial charge in [-0.3, -0.25) is 15.5 Å². The lowest BCUT2D eigenvalue weighted by molar-refractivity contribution is -0.384. The molecule has 0 saturated heterocycles. The van der Waals surface area contributed by atoms with E-state index >= 15 is 0 Å². The molecule has 1 heterocycles. The highest BCUT2D eigenvalue weighted by molar-refractivity contribution is 7.14. The van der Waals surface area contributed by atoms with Crippen LogP contribution in [0.3, 0.4) is 0 Å². The third-order valence-corrected chi connectivity index (χ3v) is 4.51. The lowest BCUT2D eigenvalue weighted by Crippen LogP contribution is -2.04. The van der Waals surface area contributed by atoms with E-state index in [2.05, 4.69) is 22.4 Å². The highest BCUT2D eigenvalue weighted by Gasteiger charge is 2.08. The Morgan fingerprint density at radius 2 is 1.92 bits per heavy atom. The molecule has 26 heavy (non-hydrogen) atoms. The van der Waals surface area contributed by atoms with Crippen LogP contribution in [0.15, 0.2) is 65.1 Å². The topological polar surface area (TPSA) is 80.4 Å². The molecule has 0 aliphatic rings. The Kier molecular flexibility index (Phi) is 5.70. The monoisotopic (exact) mass is 366 g/mol. The van der Waals surface area contributed by atoms with Crippen molar-refractivity contribution in [3.63, 3.8) is 0 Å². The number of nitrogens with one attached hydrogen (secondary N) is 1. The van der Waals surface area contributed by atoms with Crippen molar-refractivity contribution < 1.29 is 4.92 Å². The number of non-ortho nitro benzene ring substituents is 1. The van der Waals surface area contributed by atoms with Crippen LogP contribution in [0.2, 0.25) is 0 Å². The summed E-state index contributed by atoms with van der Waals surface area (Å²) in [5.74, 6) is 0. The normalized spacial score (nSPS) is 11.3. The molecular weight excluding hydrogens is 348 g/mol. The summed E-state index contributed by atoms with van der Waals surface area (Å²) < 4.78 is 0. The van der Waals surface area contributed by atoms with Crippen molar-refractivity contribution in [2.24, 2.45) is 5.10 Å². The summed E-state index contributed by atoms with van der Waals surface area (Å²) in [6, 6.07) is 16.4. The largest absolute Gasteiger partial charge is 0.269 e. The minimum Gasteiger partial charge on any atom is -0.258 e. The molecule has 3 rings (SSSR count). The summed E-state index contributed by atoms with van der Waals surface area (Å²) in [5, 5.41) is 17.8. The molecule has 1 aromatic heterocycles. The first kappa shape index (κ1) is 17.8. The van der Waals surface area contributed by atoms with Gasteiger partial charge in [0.25, 0.3) is 5.69 Å². The van der Waals surface area contributed by atoms with Crippen molar-refractivity contribution >= 4 is 27.9 Å². The lowest BCUT2D eigenvalue weighted by atomic mass is 10.1. The van der Waals surface area contributed by atoms with Gasteiger partial charge in [0, 0.05) is 23.1 Å². The molecule has 0 bridgehead atoms. The number of nitro benzene ring substituents is 1. The van der Waals surface area contributed by atoms with E-state index in [1.165, 1.54) is 23.5 Å². The minimum atomic E-state index is -0.411. The van der Waals surface area contributed by atoms with Gasteiger partial charge < -0.3 is 0 Å². The van der Waals surface area contributed by atoms with Gasteiger partial charge in [-0.2, -0.15) is 5.10 Å². The second-order valence-electron chi connectivity index (χ2n) is 5.63. The molecule has 0 unspecified atom stereocenters. The lowest BCUT2D eigenvalue weighted by Gasteiger charge is -2.05. The van der Waals surface area contributed by atoms with Gasteiger partial charge in [0.1, 0.15) is 0 Å². The molecular formula is C19H18N4O2S. The Labute approximate surface area is 155 Å². The van der Waals surface area contributed by atoms with Gasteiger partial charge in [-0.15, -0.1) is 11.3 Å². The molecule has 1 N–H and O–H groups in total. The molecule has 0 atom stereocenters. The molecule has 0 aliphatic carbocycles. The second kappa shape index (κ2) is 8.35. The van der Waals surface area contributed by atoms with E-state index in [-0.39, 0.29) is 5.69 Å². The van der Waals surface area contributed by atoms with E-state index in [0.717, 1.165) is 35.4 Å². The molecule has 0 saturated carbocycles.